The van der Waals surface area contributed by atoms with Crippen molar-refractivity contribution in [1.82, 2.24) is 20.0 Å². The molecule has 2 fully saturated rings. The monoisotopic (exact) mass is 406 g/mol. The Morgan fingerprint density at radius 3 is 2.78 bits per heavy atom. The largest absolute Gasteiger partial charge is 0.379 e. The standard InChI is InChI=1S/C19H23ClN4O2S/c20-16-1-3-17(4-2-16)24-12-15(11-22-24)18(25)21-13-19(5-10-27-14-19)23-6-8-26-9-7-23/h1-4,11-12H,5-10,13-14H2,(H,21,25). The first-order valence-corrected chi connectivity index (χ1v) is 10.7. The molecule has 0 spiro atoms. The van der Waals surface area contributed by atoms with Crippen molar-refractivity contribution in [2.75, 3.05) is 44.4 Å². The van der Waals surface area contributed by atoms with Crippen molar-refractivity contribution in [2.24, 2.45) is 0 Å². The number of nitrogens with zero attached hydrogens (tertiary/aromatic N) is 3. The lowest BCUT2D eigenvalue weighted by molar-refractivity contribution is -0.0129. The Labute approximate surface area is 168 Å². The maximum atomic E-state index is 12.7. The quantitative estimate of drug-likeness (QED) is 0.826. The Hall–Kier alpha value is -1.54. The summed E-state index contributed by atoms with van der Waals surface area (Å²) in [5, 5.41) is 8.12. The lowest BCUT2D eigenvalue weighted by Gasteiger charge is -2.43. The van der Waals surface area contributed by atoms with Gasteiger partial charge in [0.05, 0.1) is 30.7 Å². The Kier molecular flexibility index (Phi) is 5.73. The van der Waals surface area contributed by atoms with E-state index in [1.165, 1.54) is 0 Å². The topological polar surface area (TPSA) is 59.4 Å². The van der Waals surface area contributed by atoms with Crippen LogP contribution in [0.2, 0.25) is 5.02 Å². The fourth-order valence-electron chi connectivity index (χ4n) is 3.66. The fourth-order valence-corrected chi connectivity index (χ4v) is 5.26. The van der Waals surface area contributed by atoms with Crippen LogP contribution >= 0.6 is 23.4 Å². The molecular weight excluding hydrogens is 384 g/mol. The normalized spacial score (nSPS) is 23.4. The molecule has 1 N–H and O–H groups in total. The molecular formula is C19H23ClN4O2S. The van der Waals surface area contributed by atoms with Gasteiger partial charge in [0.25, 0.3) is 5.91 Å². The third-order valence-electron chi connectivity index (χ3n) is 5.28. The molecule has 2 aliphatic heterocycles. The molecule has 2 aromatic rings. The molecule has 1 unspecified atom stereocenters. The van der Waals surface area contributed by atoms with Gasteiger partial charge >= 0.3 is 0 Å². The van der Waals surface area contributed by atoms with E-state index in [2.05, 4.69) is 15.3 Å². The first-order chi connectivity index (χ1) is 13.2. The number of halogens is 1. The highest BCUT2D eigenvalue weighted by Gasteiger charge is 2.40. The molecule has 0 radical (unpaired) electrons. The number of aromatic nitrogens is 2. The van der Waals surface area contributed by atoms with Crippen LogP contribution in [-0.2, 0) is 4.74 Å². The van der Waals surface area contributed by atoms with Crippen LogP contribution in [0.4, 0.5) is 0 Å². The summed E-state index contributed by atoms with van der Waals surface area (Å²) in [6.45, 7) is 4.07. The summed E-state index contributed by atoms with van der Waals surface area (Å²) in [7, 11) is 0. The van der Waals surface area contributed by atoms with Crippen LogP contribution < -0.4 is 5.32 Å². The zero-order valence-electron chi connectivity index (χ0n) is 15.1. The van der Waals surface area contributed by atoms with Crippen LogP contribution in [0.1, 0.15) is 16.8 Å². The van der Waals surface area contributed by atoms with E-state index >= 15 is 0 Å². The lowest BCUT2D eigenvalue weighted by atomic mass is 9.95. The number of carbonyl (C=O) groups is 1. The summed E-state index contributed by atoms with van der Waals surface area (Å²) in [4.78, 5) is 15.2. The van der Waals surface area contributed by atoms with Gasteiger partial charge in [-0.3, -0.25) is 9.69 Å². The second-order valence-electron chi connectivity index (χ2n) is 6.96. The average Bonchev–Trinajstić information content (AvgIpc) is 3.38. The number of ether oxygens (including phenoxy) is 1. The molecule has 0 bridgehead atoms. The van der Waals surface area contributed by atoms with Crippen molar-refractivity contribution in [1.29, 1.82) is 0 Å². The van der Waals surface area contributed by atoms with Crippen molar-refractivity contribution in [3.05, 3.63) is 47.2 Å². The van der Waals surface area contributed by atoms with Crippen LogP contribution in [-0.4, -0.2) is 70.5 Å². The number of hydrogen-bond donors (Lipinski definition) is 1. The number of hydrogen-bond acceptors (Lipinski definition) is 5. The fraction of sp³-hybridized carbons (Fsp3) is 0.474. The van der Waals surface area contributed by atoms with Crippen LogP contribution in [0.5, 0.6) is 0 Å². The third kappa shape index (κ3) is 4.16. The third-order valence-corrected chi connectivity index (χ3v) is 6.76. The minimum atomic E-state index is -0.0836. The maximum Gasteiger partial charge on any atom is 0.254 e. The van der Waals surface area contributed by atoms with Gasteiger partial charge < -0.3 is 10.1 Å². The first kappa shape index (κ1) is 18.8. The van der Waals surface area contributed by atoms with Gasteiger partial charge in [-0.1, -0.05) is 11.6 Å². The van der Waals surface area contributed by atoms with E-state index in [9.17, 15) is 4.79 Å². The summed E-state index contributed by atoms with van der Waals surface area (Å²) in [6.07, 6.45) is 4.46. The van der Waals surface area contributed by atoms with Crippen LogP contribution in [0.3, 0.4) is 0 Å². The van der Waals surface area contributed by atoms with E-state index in [-0.39, 0.29) is 11.4 Å². The molecule has 0 saturated carbocycles. The Morgan fingerprint density at radius 1 is 1.30 bits per heavy atom. The van der Waals surface area contributed by atoms with Crippen LogP contribution in [0.15, 0.2) is 36.7 Å². The smallest absolute Gasteiger partial charge is 0.254 e. The number of benzene rings is 1. The molecule has 2 aliphatic rings. The second kappa shape index (κ2) is 8.22. The minimum Gasteiger partial charge on any atom is -0.379 e. The van der Waals surface area contributed by atoms with Gasteiger partial charge in [-0.25, -0.2) is 4.68 Å². The Bertz CT molecular complexity index is 783. The van der Waals surface area contributed by atoms with Crippen molar-refractivity contribution in [2.45, 2.75) is 12.0 Å². The highest BCUT2D eigenvalue weighted by molar-refractivity contribution is 7.99. The molecule has 0 aliphatic carbocycles. The number of nitrogens with one attached hydrogen (secondary N) is 1. The van der Waals surface area contributed by atoms with Crippen molar-refractivity contribution < 1.29 is 9.53 Å². The van der Waals surface area contributed by atoms with Gasteiger partial charge in [-0.2, -0.15) is 16.9 Å². The first-order valence-electron chi connectivity index (χ1n) is 9.16. The zero-order chi connectivity index (χ0) is 18.7. The van der Waals surface area contributed by atoms with Gasteiger partial charge in [0.15, 0.2) is 0 Å². The molecule has 1 amide bonds. The molecule has 1 aromatic carbocycles. The van der Waals surface area contributed by atoms with Gasteiger partial charge in [0.1, 0.15) is 0 Å². The minimum absolute atomic E-state index is 0.0380. The van der Waals surface area contributed by atoms with E-state index < -0.39 is 0 Å². The van der Waals surface area contributed by atoms with Gasteiger partial charge in [0, 0.05) is 42.1 Å². The predicted octanol–water partition coefficient (Wildman–Crippen LogP) is 2.46. The van der Waals surface area contributed by atoms with Crippen LogP contribution in [0.25, 0.3) is 5.69 Å². The Morgan fingerprint density at radius 2 is 2.07 bits per heavy atom. The molecule has 1 atom stereocenters. The number of amides is 1. The van der Waals surface area contributed by atoms with Crippen molar-refractivity contribution in [3.8, 4) is 5.69 Å². The highest BCUT2D eigenvalue weighted by Crippen LogP contribution is 2.33. The number of thioether (sulfide) groups is 1. The van der Waals surface area contributed by atoms with E-state index in [1.54, 1.807) is 17.1 Å². The van der Waals surface area contributed by atoms with Gasteiger partial charge in [-0.05, 0) is 36.4 Å². The SMILES string of the molecule is O=C(NCC1(N2CCOCC2)CCSC1)c1cnn(-c2ccc(Cl)cc2)c1. The van der Waals surface area contributed by atoms with Crippen LogP contribution in [0, 0.1) is 0 Å². The number of carbonyl (C=O) groups excluding carboxylic acids is 1. The van der Waals surface area contributed by atoms with E-state index in [0.29, 0.717) is 17.1 Å². The number of rotatable bonds is 5. The van der Waals surface area contributed by atoms with E-state index in [1.807, 2.05) is 36.0 Å². The maximum absolute atomic E-state index is 12.7. The summed E-state index contributed by atoms with van der Waals surface area (Å²) in [5.41, 5.74) is 1.47. The summed E-state index contributed by atoms with van der Waals surface area (Å²) >= 11 is 7.89. The molecule has 27 heavy (non-hydrogen) atoms. The molecule has 6 nitrogen and oxygen atoms in total. The van der Waals surface area contributed by atoms with E-state index in [0.717, 1.165) is 49.9 Å². The van der Waals surface area contributed by atoms with Gasteiger partial charge in [0.2, 0.25) is 0 Å². The predicted molar refractivity (Wildman–Crippen MR) is 108 cm³/mol. The zero-order valence-corrected chi connectivity index (χ0v) is 16.6. The second-order valence-corrected chi connectivity index (χ2v) is 8.50. The van der Waals surface area contributed by atoms with E-state index in [4.69, 9.17) is 16.3 Å². The molecule has 2 saturated heterocycles. The van der Waals surface area contributed by atoms with Crippen molar-refractivity contribution in [3.63, 3.8) is 0 Å². The average molecular weight is 407 g/mol. The van der Waals surface area contributed by atoms with Gasteiger partial charge in [-0.15, -0.1) is 0 Å². The Balaban J connectivity index is 1.42. The molecule has 3 heterocycles. The molecule has 4 rings (SSSR count). The lowest BCUT2D eigenvalue weighted by Crippen LogP contribution is -2.59. The highest BCUT2D eigenvalue weighted by atomic mass is 35.5. The van der Waals surface area contributed by atoms with Crippen molar-refractivity contribution >= 4 is 29.3 Å². The number of morpholine rings is 1. The summed E-state index contributed by atoms with van der Waals surface area (Å²) in [6, 6.07) is 7.37. The molecule has 144 valence electrons. The summed E-state index contributed by atoms with van der Waals surface area (Å²) < 4.78 is 7.19. The molecule has 8 heteroatoms. The molecule has 1 aromatic heterocycles. The summed E-state index contributed by atoms with van der Waals surface area (Å²) in [5.74, 6) is 2.11.